The third kappa shape index (κ3) is 6.57. The number of alkyl halides is 3. The molecule has 212 valence electrons. The van der Waals surface area contributed by atoms with Crippen LogP contribution in [0.15, 0.2) is 47.4 Å². The van der Waals surface area contributed by atoms with Gasteiger partial charge in [0.2, 0.25) is 5.91 Å². The van der Waals surface area contributed by atoms with Crippen LogP contribution in [-0.4, -0.2) is 56.7 Å². The first-order chi connectivity index (χ1) is 18.0. The lowest BCUT2D eigenvalue weighted by Crippen LogP contribution is -2.51. The molecule has 4 rings (SSSR count). The van der Waals surface area contributed by atoms with Crippen LogP contribution in [0, 0.1) is 5.92 Å². The third-order valence-corrected chi connectivity index (χ3v) is 7.88. The molecule has 1 N–H and O–H groups in total. The number of nitrogens with zero attached hydrogens (tertiary/aromatic N) is 2. The molecule has 9 nitrogen and oxygen atoms in total. The van der Waals surface area contributed by atoms with Crippen LogP contribution in [0.1, 0.15) is 39.7 Å². The largest absolute Gasteiger partial charge is 0.486 e. The highest BCUT2D eigenvalue weighted by Crippen LogP contribution is 2.40. The molecule has 0 aromatic heterocycles. The summed E-state index contributed by atoms with van der Waals surface area (Å²) in [6, 6.07) is 7.67. The topological polar surface area (TPSA) is 105 Å². The van der Waals surface area contributed by atoms with Gasteiger partial charge in [-0.1, -0.05) is 13.0 Å². The number of anilines is 2. The Hall–Kier alpha value is -3.48. The highest BCUT2D eigenvalue weighted by molar-refractivity contribution is 7.92. The molecule has 0 unspecified atom stereocenters. The van der Waals surface area contributed by atoms with Crippen molar-refractivity contribution in [3.05, 3.63) is 48.0 Å². The Morgan fingerprint density at radius 1 is 1.08 bits per heavy atom. The zero-order valence-electron chi connectivity index (χ0n) is 21.9. The van der Waals surface area contributed by atoms with Gasteiger partial charge in [-0.2, -0.15) is 13.2 Å². The van der Waals surface area contributed by atoms with Crippen LogP contribution < -0.4 is 14.4 Å². The predicted molar refractivity (Wildman–Crippen MR) is 137 cm³/mol. The Labute approximate surface area is 224 Å². The first-order valence-electron chi connectivity index (χ1n) is 12.3. The lowest BCUT2D eigenvalue weighted by molar-refractivity contribution is -0.139. The number of halogens is 3. The van der Waals surface area contributed by atoms with E-state index in [-0.39, 0.29) is 36.0 Å². The van der Waals surface area contributed by atoms with Gasteiger partial charge in [0.15, 0.2) is 0 Å². The number of carbonyl (C=O) groups excluding carboxylic acids is 2. The van der Waals surface area contributed by atoms with Gasteiger partial charge in [0.05, 0.1) is 29.1 Å². The Balaban J connectivity index is 1.69. The summed E-state index contributed by atoms with van der Waals surface area (Å²) >= 11 is 0. The van der Waals surface area contributed by atoms with Crippen LogP contribution in [0.25, 0.3) is 0 Å². The van der Waals surface area contributed by atoms with Crippen molar-refractivity contribution >= 4 is 33.4 Å². The van der Waals surface area contributed by atoms with Crippen molar-refractivity contribution in [3.8, 4) is 5.75 Å². The smallest absolute Gasteiger partial charge is 0.416 e. The van der Waals surface area contributed by atoms with E-state index in [2.05, 4.69) is 5.32 Å². The van der Waals surface area contributed by atoms with E-state index in [0.717, 1.165) is 22.5 Å². The van der Waals surface area contributed by atoms with Crippen LogP contribution in [-0.2, 0) is 25.7 Å². The summed E-state index contributed by atoms with van der Waals surface area (Å²) in [6.07, 6.45) is -6.52. The quantitative estimate of drug-likeness (QED) is 0.551. The molecule has 13 heteroatoms. The van der Waals surface area contributed by atoms with E-state index in [0.29, 0.717) is 25.1 Å². The number of ether oxygens (including phenoxy) is 2. The summed E-state index contributed by atoms with van der Waals surface area (Å²) in [5.41, 5.74) is -1.72. The van der Waals surface area contributed by atoms with Crippen molar-refractivity contribution in [2.75, 3.05) is 29.3 Å². The molecule has 2 amide bonds. The normalized spacial score (nSPS) is 18.1. The molecule has 2 aromatic carbocycles. The number of benzene rings is 2. The molecule has 1 saturated heterocycles. The number of sulfonamides is 1. The Bertz CT molecular complexity index is 1370. The molecule has 2 heterocycles. The third-order valence-electron chi connectivity index (χ3n) is 6.10. The maximum atomic E-state index is 13.7. The molecule has 2 aliphatic heterocycles. The van der Waals surface area contributed by atoms with Crippen molar-refractivity contribution in [1.29, 1.82) is 0 Å². The fraction of sp³-hybridized carbons (Fsp3) is 0.462. The first kappa shape index (κ1) is 28.5. The molecular weight excluding hydrogens is 539 g/mol. The van der Waals surface area contributed by atoms with Crippen LogP contribution in [0.5, 0.6) is 5.75 Å². The van der Waals surface area contributed by atoms with Crippen LogP contribution in [0.4, 0.5) is 29.3 Å². The predicted octanol–water partition coefficient (Wildman–Crippen LogP) is 4.88. The number of hydrogen-bond acceptors (Lipinski definition) is 6. The van der Waals surface area contributed by atoms with Crippen LogP contribution >= 0.6 is 0 Å². The van der Waals surface area contributed by atoms with Gasteiger partial charge in [-0.25, -0.2) is 13.2 Å². The number of carbonyl (C=O) groups is 2. The van der Waals surface area contributed by atoms with Gasteiger partial charge < -0.3 is 14.4 Å². The fourth-order valence-corrected chi connectivity index (χ4v) is 5.88. The van der Waals surface area contributed by atoms with Gasteiger partial charge in [0.1, 0.15) is 17.5 Å². The Kier molecular flexibility index (Phi) is 7.50. The summed E-state index contributed by atoms with van der Waals surface area (Å²) < 4.78 is 79.6. The van der Waals surface area contributed by atoms with Gasteiger partial charge >= 0.3 is 12.3 Å². The number of likely N-dealkylation sites (tertiary alicyclic amines) is 1. The lowest BCUT2D eigenvalue weighted by Gasteiger charge is -2.40. The van der Waals surface area contributed by atoms with E-state index in [1.54, 1.807) is 25.7 Å². The molecule has 1 fully saturated rings. The average molecular weight is 570 g/mol. The second kappa shape index (κ2) is 10.2. The van der Waals surface area contributed by atoms with Gasteiger partial charge in [-0.3, -0.25) is 14.4 Å². The number of amides is 2. The maximum Gasteiger partial charge on any atom is 0.416 e. The van der Waals surface area contributed by atoms with E-state index in [1.807, 2.05) is 6.92 Å². The first-order valence-corrected chi connectivity index (χ1v) is 13.8. The van der Waals surface area contributed by atoms with Gasteiger partial charge in [0.25, 0.3) is 10.0 Å². The summed E-state index contributed by atoms with van der Waals surface area (Å²) in [7, 11) is -4.54. The van der Waals surface area contributed by atoms with Crippen molar-refractivity contribution in [1.82, 2.24) is 4.90 Å². The average Bonchev–Trinajstić information content (AvgIpc) is 2.80. The van der Waals surface area contributed by atoms with Gasteiger partial charge in [0, 0.05) is 18.8 Å². The highest BCUT2D eigenvalue weighted by atomic mass is 32.2. The van der Waals surface area contributed by atoms with Crippen molar-refractivity contribution < 1.29 is 40.7 Å². The number of nitrogens with one attached hydrogen (secondary N) is 1. The molecule has 2 aliphatic rings. The van der Waals surface area contributed by atoms with Crippen LogP contribution in [0.2, 0.25) is 0 Å². The van der Waals surface area contributed by atoms with E-state index in [1.165, 1.54) is 18.2 Å². The second-order valence-electron chi connectivity index (χ2n) is 10.7. The van der Waals surface area contributed by atoms with E-state index >= 15 is 0 Å². The van der Waals surface area contributed by atoms with Crippen LogP contribution in [0.3, 0.4) is 0 Å². The Morgan fingerprint density at radius 3 is 2.38 bits per heavy atom. The number of hydrogen-bond donors (Lipinski definition) is 1. The minimum Gasteiger partial charge on any atom is -0.486 e. The highest BCUT2D eigenvalue weighted by Gasteiger charge is 2.39. The molecule has 0 bridgehead atoms. The van der Waals surface area contributed by atoms with E-state index in [9.17, 15) is 31.2 Å². The zero-order chi connectivity index (χ0) is 28.8. The van der Waals surface area contributed by atoms with E-state index in [4.69, 9.17) is 9.47 Å². The maximum absolute atomic E-state index is 13.7. The van der Waals surface area contributed by atoms with Crippen molar-refractivity contribution in [3.63, 3.8) is 0 Å². The van der Waals surface area contributed by atoms with E-state index < -0.39 is 44.5 Å². The fourth-order valence-electron chi connectivity index (χ4n) is 4.33. The number of fused-ring (bicyclic) bond motifs is 1. The Morgan fingerprint density at radius 2 is 1.77 bits per heavy atom. The minimum absolute atomic E-state index is 0.00208. The molecule has 2 aromatic rings. The SMILES string of the molecule is CC1CN(C(=O)C[C@H]2CN(S(=O)(=O)c3cccc(C(F)(F)F)c3)c3cc(NC(=O)OC(C)(C)C)ccc3O2)C1. The zero-order valence-corrected chi connectivity index (χ0v) is 22.7. The second-order valence-corrected chi connectivity index (χ2v) is 12.6. The summed E-state index contributed by atoms with van der Waals surface area (Å²) in [4.78, 5) is 26.1. The van der Waals surface area contributed by atoms with Gasteiger partial charge in [-0.15, -0.1) is 0 Å². The standard InChI is InChI=1S/C26H30F3N3O6S/c1-16-13-31(14-16)23(33)12-19-15-32(39(35,36)20-7-5-6-17(10-20)26(27,28)29)21-11-18(8-9-22(21)37-19)30-24(34)38-25(2,3)4/h5-11,16,19H,12-15H2,1-4H3,(H,30,34)/t19-/m0/s1. The molecule has 1 atom stereocenters. The number of rotatable bonds is 5. The minimum atomic E-state index is -4.75. The summed E-state index contributed by atoms with van der Waals surface area (Å²) in [5, 5.41) is 2.52. The molecule has 0 radical (unpaired) electrons. The monoisotopic (exact) mass is 569 g/mol. The molecule has 0 saturated carbocycles. The molecular formula is C26H30F3N3O6S. The summed E-state index contributed by atoms with van der Waals surface area (Å²) in [5.74, 6) is 0.262. The molecule has 0 spiro atoms. The summed E-state index contributed by atoms with van der Waals surface area (Å²) in [6.45, 7) is 7.90. The van der Waals surface area contributed by atoms with Crippen molar-refractivity contribution in [2.24, 2.45) is 5.92 Å². The molecule has 39 heavy (non-hydrogen) atoms. The molecule has 0 aliphatic carbocycles. The lowest BCUT2D eigenvalue weighted by atomic mass is 10.0. The van der Waals surface area contributed by atoms with Crippen molar-refractivity contribution in [2.45, 2.75) is 56.9 Å². The van der Waals surface area contributed by atoms with Gasteiger partial charge in [-0.05, 0) is 63.1 Å².